The summed E-state index contributed by atoms with van der Waals surface area (Å²) in [6.07, 6.45) is 0.614. The fourth-order valence-electron chi connectivity index (χ4n) is 2.23. The van der Waals surface area contributed by atoms with Gasteiger partial charge in [0.15, 0.2) is 0 Å². The summed E-state index contributed by atoms with van der Waals surface area (Å²) < 4.78 is 13.4. The number of phenols is 1. The number of hydrogen-bond acceptors (Lipinski definition) is 4. The Morgan fingerprint density at radius 3 is 2.96 bits per heavy atom. The highest BCUT2D eigenvalue weighted by molar-refractivity contribution is 7.99. The second-order valence-electron chi connectivity index (χ2n) is 4.90. The number of nitrogens with one attached hydrogen (secondary N) is 1. The van der Waals surface area contributed by atoms with Crippen LogP contribution in [0.4, 0.5) is 4.39 Å². The van der Waals surface area contributed by atoms with Gasteiger partial charge in [0.1, 0.15) is 11.6 Å². The third kappa shape index (κ3) is 3.48. The number of benzene rings is 2. The zero-order valence-electron chi connectivity index (χ0n) is 11.8. The van der Waals surface area contributed by atoms with E-state index in [-0.39, 0.29) is 17.1 Å². The van der Waals surface area contributed by atoms with Gasteiger partial charge in [0.2, 0.25) is 0 Å². The van der Waals surface area contributed by atoms with E-state index < -0.39 is 5.91 Å². The van der Waals surface area contributed by atoms with Crippen LogP contribution in [0.3, 0.4) is 0 Å². The lowest BCUT2D eigenvalue weighted by molar-refractivity contribution is 0.0952. The number of nitrogens with zero attached hydrogens (tertiary/aromatic N) is 1. The maximum absolute atomic E-state index is 13.4. The average Bonchev–Trinajstić information content (AvgIpc) is 2.54. The highest BCUT2D eigenvalue weighted by atomic mass is 35.5. The van der Waals surface area contributed by atoms with Gasteiger partial charge in [-0.2, -0.15) is 5.10 Å². The van der Waals surface area contributed by atoms with Crippen molar-refractivity contribution in [2.75, 3.05) is 5.75 Å². The minimum atomic E-state index is -0.575. The number of carbonyl (C=O) groups is 1. The van der Waals surface area contributed by atoms with Gasteiger partial charge in [-0.25, -0.2) is 9.82 Å². The van der Waals surface area contributed by atoms with Gasteiger partial charge in [0, 0.05) is 27.7 Å². The van der Waals surface area contributed by atoms with Gasteiger partial charge >= 0.3 is 0 Å². The number of amides is 1. The fourth-order valence-corrected chi connectivity index (χ4v) is 3.41. The Morgan fingerprint density at radius 1 is 1.30 bits per heavy atom. The summed E-state index contributed by atoms with van der Waals surface area (Å²) in [6.45, 7) is 0. The third-order valence-electron chi connectivity index (χ3n) is 3.34. The number of halogens is 2. The predicted octanol–water partition coefficient (Wildman–Crippen LogP) is 3.81. The summed E-state index contributed by atoms with van der Waals surface area (Å²) in [5.74, 6) is -0.306. The average molecular weight is 351 g/mol. The zero-order valence-corrected chi connectivity index (χ0v) is 13.4. The molecule has 0 saturated carbocycles. The van der Waals surface area contributed by atoms with Crippen molar-refractivity contribution in [3.63, 3.8) is 0 Å². The normalized spacial score (nSPS) is 15.3. The molecule has 2 aromatic carbocycles. The molecule has 0 aliphatic carbocycles. The van der Waals surface area contributed by atoms with Crippen LogP contribution < -0.4 is 5.43 Å². The molecule has 2 N–H and O–H groups in total. The van der Waals surface area contributed by atoms with Crippen molar-refractivity contribution >= 4 is 35.0 Å². The van der Waals surface area contributed by atoms with Gasteiger partial charge in [-0.3, -0.25) is 4.79 Å². The molecule has 0 spiro atoms. The molecule has 2 aromatic rings. The van der Waals surface area contributed by atoms with Crippen molar-refractivity contribution in [1.82, 2.24) is 5.43 Å². The van der Waals surface area contributed by atoms with Crippen molar-refractivity contribution in [3.8, 4) is 5.75 Å². The number of aromatic hydroxyl groups is 1. The molecule has 23 heavy (non-hydrogen) atoms. The maximum Gasteiger partial charge on any atom is 0.275 e. The Bertz CT molecular complexity index is 811. The van der Waals surface area contributed by atoms with Crippen LogP contribution in [-0.2, 0) is 0 Å². The first-order valence-corrected chi connectivity index (χ1v) is 8.19. The Balaban J connectivity index is 1.85. The predicted molar refractivity (Wildman–Crippen MR) is 88.9 cm³/mol. The van der Waals surface area contributed by atoms with Crippen molar-refractivity contribution < 1.29 is 14.3 Å². The first-order valence-electron chi connectivity index (χ1n) is 6.83. The fraction of sp³-hybridized carbons (Fsp3) is 0.125. The molecule has 0 atom stereocenters. The Morgan fingerprint density at radius 2 is 2.13 bits per heavy atom. The summed E-state index contributed by atoms with van der Waals surface area (Å²) >= 11 is 7.44. The zero-order chi connectivity index (χ0) is 16.4. The second kappa shape index (κ2) is 6.60. The number of thioether (sulfide) groups is 1. The second-order valence-corrected chi connectivity index (χ2v) is 6.47. The van der Waals surface area contributed by atoms with Crippen molar-refractivity contribution in [2.45, 2.75) is 11.3 Å². The number of phenolic OH excluding ortho intramolecular Hbond substituents is 1. The number of hydrazone groups is 1. The van der Waals surface area contributed by atoms with Gasteiger partial charge in [0.25, 0.3) is 5.91 Å². The molecule has 1 heterocycles. The van der Waals surface area contributed by atoms with Gasteiger partial charge in [-0.1, -0.05) is 11.6 Å². The Hall–Kier alpha value is -2.05. The van der Waals surface area contributed by atoms with Crippen molar-refractivity contribution in [2.24, 2.45) is 5.10 Å². The Kier molecular flexibility index (Phi) is 4.54. The summed E-state index contributed by atoms with van der Waals surface area (Å²) in [5, 5.41) is 14.1. The third-order valence-corrected chi connectivity index (χ3v) is 4.65. The van der Waals surface area contributed by atoms with Gasteiger partial charge in [-0.15, -0.1) is 11.8 Å². The molecule has 0 fully saturated rings. The summed E-state index contributed by atoms with van der Waals surface area (Å²) in [6, 6.07) is 8.69. The molecule has 0 saturated heterocycles. The monoisotopic (exact) mass is 350 g/mol. The first kappa shape index (κ1) is 15.8. The van der Waals surface area contributed by atoms with E-state index in [1.165, 1.54) is 30.3 Å². The Labute approximate surface area is 141 Å². The van der Waals surface area contributed by atoms with E-state index in [4.69, 9.17) is 11.6 Å². The summed E-state index contributed by atoms with van der Waals surface area (Å²) in [5.41, 5.74) is 3.71. The minimum absolute atomic E-state index is 0.0338. The van der Waals surface area contributed by atoms with Crippen LogP contribution in [0.15, 0.2) is 46.4 Å². The van der Waals surface area contributed by atoms with Gasteiger partial charge < -0.3 is 5.11 Å². The van der Waals surface area contributed by atoms with Crippen molar-refractivity contribution in [3.05, 3.63) is 58.4 Å². The molecule has 1 amide bonds. The molecular weight excluding hydrogens is 339 g/mol. The summed E-state index contributed by atoms with van der Waals surface area (Å²) in [7, 11) is 0. The van der Waals surface area contributed by atoms with Crippen LogP contribution in [0.2, 0.25) is 5.02 Å². The van der Waals surface area contributed by atoms with Crippen LogP contribution >= 0.6 is 23.4 Å². The lowest BCUT2D eigenvalue weighted by Crippen LogP contribution is -2.22. The highest BCUT2D eigenvalue weighted by Gasteiger charge is 2.18. The molecule has 0 radical (unpaired) electrons. The van der Waals surface area contributed by atoms with Crippen LogP contribution in [0, 0.1) is 5.82 Å². The lowest BCUT2D eigenvalue weighted by atomic mass is 10.1. The number of hydrogen-bond donors (Lipinski definition) is 2. The van der Waals surface area contributed by atoms with E-state index in [1.807, 2.05) is 0 Å². The van der Waals surface area contributed by atoms with Crippen LogP contribution in [-0.4, -0.2) is 22.5 Å². The topological polar surface area (TPSA) is 61.7 Å². The lowest BCUT2D eigenvalue weighted by Gasteiger charge is -2.17. The first-order chi connectivity index (χ1) is 11.0. The number of carbonyl (C=O) groups excluding carboxylic acids is 1. The molecular formula is C16H12ClFN2O2S. The largest absolute Gasteiger partial charge is 0.507 e. The SMILES string of the molecule is O=C(N/N=C1/CCSc2ccc(F)cc21)c1cc(Cl)ccc1O. The molecule has 118 valence electrons. The molecule has 0 bridgehead atoms. The van der Waals surface area contributed by atoms with E-state index in [2.05, 4.69) is 10.5 Å². The number of rotatable bonds is 2. The van der Waals surface area contributed by atoms with E-state index in [9.17, 15) is 14.3 Å². The molecule has 3 rings (SSSR count). The molecule has 0 aromatic heterocycles. The standard InChI is InChI=1S/C16H12ClFN2O2S/c17-9-1-3-14(21)12(7-9)16(22)20-19-13-5-6-23-15-4-2-10(18)8-11(13)15/h1-4,7-8,21H,5-6H2,(H,20,22)/b19-13-. The maximum atomic E-state index is 13.4. The van der Waals surface area contributed by atoms with Gasteiger partial charge in [0.05, 0.1) is 11.3 Å². The van der Waals surface area contributed by atoms with Crippen LogP contribution in [0.1, 0.15) is 22.3 Å². The quantitative estimate of drug-likeness (QED) is 0.809. The van der Waals surface area contributed by atoms with Crippen LogP contribution in [0.25, 0.3) is 0 Å². The van der Waals surface area contributed by atoms with Gasteiger partial charge in [-0.05, 0) is 36.4 Å². The molecule has 0 unspecified atom stereocenters. The molecule has 1 aliphatic rings. The minimum Gasteiger partial charge on any atom is -0.507 e. The molecule has 7 heteroatoms. The summed E-state index contributed by atoms with van der Waals surface area (Å²) in [4.78, 5) is 13.1. The van der Waals surface area contributed by atoms with Crippen molar-refractivity contribution in [1.29, 1.82) is 0 Å². The highest BCUT2D eigenvalue weighted by Crippen LogP contribution is 2.30. The molecule has 1 aliphatic heterocycles. The van der Waals surface area contributed by atoms with E-state index in [0.717, 1.165) is 10.6 Å². The smallest absolute Gasteiger partial charge is 0.275 e. The van der Waals surface area contributed by atoms with E-state index in [0.29, 0.717) is 22.7 Å². The molecule has 4 nitrogen and oxygen atoms in total. The van der Waals surface area contributed by atoms with Crippen LogP contribution in [0.5, 0.6) is 5.75 Å². The number of fused-ring (bicyclic) bond motifs is 1. The van der Waals surface area contributed by atoms with E-state index in [1.54, 1.807) is 17.8 Å². The van der Waals surface area contributed by atoms with E-state index >= 15 is 0 Å².